The molecule has 1 aromatic carbocycles. The largest absolute Gasteiger partial charge is 0.464 e. The van der Waals surface area contributed by atoms with Crippen molar-refractivity contribution in [3.8, 4) is 0 Å². The molecule has 0 aliphatic carbocycles. The molecule has 1 saturated heterocycles. The summed E-state index contributed by atoms with van der Waals surface area (Å²) in [5.41, 5.74) is 6.50. The topological polar surface area (TPSA) is 89.7 Å². The maximum atomic E-state index is 12.4. The van der Waals surface area contributed by atoms with Crippen molar-refractivity contribution in [3.05, 3.63) is 35.9 Å². The standard InChI is InChI=1S/C17H22N2O4/c1-2-3-9-23-17(22)14(10-12-7-5-4-6-8-12)19-15(20)11-13(18)16(19)21/h4-8,13-14H,2-3,9-11,18H2,1H3. The number of likely N-dealkylation sites (tertiary alicyclic amines) is 1. The van der Waals surface area contributed by atoms with Crippen LogP contribution < -0.4 is 5.73 Å². The van der Waals surface area contributed by atoms with Crippen LogP contribution in [-0.4, -0.2) is 41.4 Å². The number of nitrogens with two attached hydrogens (primary N) is 1. The van der Waals surface area contributed by atoms with Crippen LogP contribution >= 0.6 is 0 Å². The second kappa shape index (κ2) is 7.87. The minimum absolute atomic E-state index is 0.0631. The minimum atomic E-state index is -0.956. The normalized spacial score (nSPS) is 19.0. The zero-order chi connectivity index (χ0) is 16.8. The summed E-state index contributed by atoms with van der Waals surface area (Å²) in [6, 6.07) is 7.41. The van der Waals surface area contributed by atoms with Crippen molar-refractivity contribution in [3.63, 3.8) is 0 Å². The van der Waals surface area contributed by atoms with Crippen LogP contribution in [0.25, 0.3) is 0 Å². The highest BCUT2D eigenvalue weighted by Gasteiger charge is 2.43. The van der Waals surface area contributed by atoms with E-state index in [9.17, 15) is 14.4 Å². The summed E-state index contributed by atoms with van der Waals surface area (Å²) in [5.74, 6) is -1.49. The molecule has 0 spiro atoms. The number of amides is 2. The summed E-state index contributed by atoms with van der Waals surface area (Å²) < 4.78 is 5.24. The predicted molar refractivity (Wildman–Crippen MR) is 84.2 cm³/mol. The summed E-state index contributed by atoms with van der Waals surface area (Å²) in [5, 5.41) is 0. The fraction of sp³-hybridized carbons (Fsp3) is 0.471. The molecule has 1 aromatic rings. The molecular formula is C17H22N2O4. The lowest BCUT2D eigenvalue weighted by molar-refractivity contribution is -0.158. The van der Waals surface area contributed by atoms with E-state index in [1.165, 1.54) is 0 Å². The van der Waals surface area contributed by atoms with Crippen LogP contribution in [0.2, 0.25) is 0 Å². The Balaban J connectivity index is 2.18. The molecule has 2 amide bonds. The Labute approximate surface area is 135 Å². The van der Waals surface area contributed by atoms with Crippen LogP contribution in [0.15, 0.2) is 30.3 Å². The molecule has 0 bridgehead atoms. The summed E-state index contributed by atoms with van der Waals surface area (Å²) >= 11 is 0. The number of carbonyl (C=O) groups is 3. The monoisotopic (exact) mass is 318 g/mol. The fourth-order valence-corrected chi connectivity index (χ4v) is 2.53. The van der Waals surface area contributed by atoms with Gasteiger partial charge in [0.25, 0.3) is 0 Å². The van der Waals surface area contributed by atoms with Crippen LogP contribution in [0.3, 0.4) is 0 Å². The van der Waals surface area contributed by atoms with Crippen molar-refractivity contribution >= 4 is 17.8 Å². The van der Waals surface area contributed by atoms with Gasteiger partial charge in [-0.2, -0.15) is 0 Å². The first-order valence-corrected chi connectivity index (χ1v) is 7.86. The third-order valence-corrected chi connectivity index (χ3v) is 3.82. The molecule has 1 aliphatic heterocycles. The van der Waals surface area contributed by atoms with Gasteiger partial charge in [-0.15, -0.1) is 0 Å². The average Bonchev–Trinajstić information content (AvgIpc) is 2.79. The molecule has 2 unspecified atom stereocenters. The van der Waals surface area contributed by atoms with Gasteiger partial charge in [0.1, 0.15) is 6.04 Å². The van der Waals surface area contributed by atoms with Crippen LogP contribution in [0.5, 0.6) is 0 Å². The Bertz CT molecular complexity index is 573. The maximum absolute atomic E-state index is 12.4. The van der Waals surface area contributed by atoms with Gasteiger partial charge in [0.15, 0.2) is 0 Å². The van der Waals surface area contributed by atoms with Gasteiger partial charge in [-0.1, -0.05) is 43.7 Å². The van der Waals surface area contributed by atoms with Crippen LogP contribution in [0, 0.1) is 0 Å². The van der Waals surface area contributed by atoms with E-state index in [4.69, 9.17) is 10.5 Å². The Hall–Kier alpha value is -2.21. The van der Waals surface area contributed by atoms with Gasteiger partial charge in [-0.05, 0) is 12.0 Å². The van der Waals surface area contributed by atoms with Gasteiger partial charge in [0, 0.05) is 6.42 Å². The zero-order valence-corrected chi connectivity index (χ0v) is 13.2. The van der Waals surface area contributed by atoms with E-state index >= 15 is 0 Å². The molecule has 0 saturated carbocycles. The van der Waals surface area contributed by atoms with Gasteiger partial charge >= 0.3 is 5.97 Å². The number of esters is 1. The Morgan fingerprint density at radius 2 is 2.04 bits per heavy atom. The molecule has 6 heteroatoms. The number of rotatable bonds is 7. The fourth-order valence-electron chi connectivity index (χ4n) is 2.53. The molecule has 1 heterocycles. The second-order valence-electron chi connectivity index (χ2n) is 5.64. The van der Waals surface area contributed by atoms with Gasteiger partial charge in [0.05, 0.1) is 19.1 Å². The third kappa shape index (κ3) is 4.16. The summed E-state index contributed by atoms with van der Waals surface area (Å²) in [7, 11) is 0. The molecular weight excluding hydrogens is 296 g/mol. The average molecular weight is 318 g/mol. The molecule has 0 radical (unpaired) electrons. The van der Waals surface area contributed by atoms with E-state index in [2.05, 4.69) is 0 Å². The van der Waals surface area contributed by atoms with E-state index < -0.39 is 29.9 Å². The first-order valence-electron chi connectivity index (χ1n) is 7.86. The molecule has 1 aliphatic rings. The molecule has 2 rings (SSSR count). The van der Waals surface area contributed by atoms with Crippen LogP contribution in [0.1, 0.15) is 31.7 Å². The highest BCUT2D eigenvalue weighted by Crippen LogP contribution is 2.19. The van der Waals surface area contributed by atoms with Crippen molar-refractivity contribution in [2.24, 2.45) is 5.73 Å². The first-order chi connectivity index (χ1) is 11.0. The van der Waals surface area contributed by atoms with Crippen molar-refractivity contribution in [2.75, 3.05) is 6.61 Å². The number of nitrogens with zero attached hydrogens (tertiary/aromatic N) is 1. The van der Waals surface area contributed by atoms with Crippen LogP contribution in [-0.2, 0) is 25.5 Å². The van der Waals surface area contributed by atoms with E-state index in [-0.39, 0.29) is 19.4 Å². The van der Waals surface area contributed by atoms with E-state index in [0.717, 1.165) is 23.3 Å². The number of benzene rings is 1. The zero-order valence-electron chi connectivity index (χ0n) is 13.2. The van der Waals surface area contributed by atoms with Gasteiger partial charge in [-0.3, -0.25) is 14.5 Å². The Morgan fingerprint density at radius 1 is 1.35 bits per heavy atom. The van der Waals surface area contributed by atoms with Crippen molar-refractivity contribution in [1.29, 1.82) is 0 Å². The van der Waals surface area contributed by atoms with Gasteiger partial charge in [-0.25, -0.2) is 4.79 Å². The van der Waals surface area contributed by atoms with Crippen molar-refractivity contribution in [2.45, 2.75) is 44.7 Å². The SMILES string of the molecule is CCCCOC(=O)C(Cc1ccccc1)N1C(=O)CC(N)C1=O. The third-order valence-electron chi connectivity index (χ3n) is 3.82. The quantitative estimate of drug-likeness (QED) is 0.461. The van der Waals surface area contributed by atoms with E-state index in [1.807, 2.05) is 37.3 Å². The van der Waals surface area contributed by atoms with Gasteiger partial charge in [0.2, 0.25) is 11.8 Å². The Kier molecular flexibility index (Phi) is 5.87. The second-order valence-corrected chi connectivity index (χ2v) is 5.64. The number of unbranched alkanes of at least 4 members (excludes halogenated alkanes) is 1. The smallest absolute Gasteiger partial charge is 0.329 e. The summed E-state index contributed by atoms with van der Waals surface area (Å²) in [6.45, 7) is 2.27. The summed E-state index contributed by atoms with van der Waals surface area (Å²) in [6.07, 6.45) is 1.80. The lowest BCUT2D eigenvalue weighted by atomic mass is 10.0. The molecule has 1 fully saturated rings. The number of imide groups is 1. The molecule has 6 nitrogen and oxygen atoms in total. The number of hydrogen-bond donors (Lipinski definition) is 1. The number of carbonyl (C=O) groups excluding carboxylic acids is 3. The molecule has 0 aromatic heterocycles. The highest BCUT2D eigenvalue weighted by molar-refractivity contribution is 6.08. The lowest BCUT2D eigenvalue weighted by Crippen LogP contribution is -2.48. The number of ether oxygens (including phenoxy) is 1. The minimum Gasteiger partial charge on any atom is -0.464 e. The molecule has 2 N–H and O–H groups in total. The van der Waals surface area contributed by atoms with Crippen molar-refractivity contribution < 1.29 is 19.1 Å². The maximum Gasteiger partial charge on any atom is 0.329 e. The number of hydrogen-bond acceptors (Lipinski definition) is 5. The van der Waals surface area contributed by atoms with Gasteiger partial charge < -0.3 is 10.5 Å². The van der Waals surface area contributed by atoms with E-state index in [1.54, 1.807) is 0 Å². The summed E-state index contributed by atoms with van der Waals surface area (Å²) in [4.78, 5) is 37.6. The molecule has 124 valence electrons. The van der Waals surface area contributed by atoms with Crippen LogP contribution in [0.4, 0.5) is 0 Å². The Morgan fingerprint density at radius 3 is 2.61 bits per heavy atom. The predicted octanol–water partition coefficient (Wildman–Crippen LogP) is 1.03. The van der Waals surface area contributed by atoms with E-state index in [0.29, 0.717) is 0 Å². The molecule has 2 atom stereocenters. The molecule has 23 heavy (non-hydrogen) atoms. The lowest BCUT2D eigenvalue weighted by Gasteiger charge is -2.25. The van der Waals surface area contributed by atoms with Crippen molar-refractivity contribution in [1.82, 2.24) is 4.90 Å². The first kappa shape index (κ1) is 17.1. The highest BCUT2D eigenvalue weighted by atomic mass is 16.5.